The Morgan fingerprint density at radius 2 is 1.52 bits per heavy atom. The molecule has 2 rings (SSSR count). The fraction of sp³-hybridized carbons (Fsp3) is 1.00. The highest BCUT2D eigenvalue weighted by molar-refractivity contribution is 4.78. The number of nitrogens with zero attached hydrogens (tertiary/aromatic N) is 4. The largest absolute Gasteiger partial charge is 0.305 e. The van der Waals surface area contributed by atoms with Crippen molar-refractivity contribution < 1.29 is 0 Å². The fourth-order valence-corrected chi connectivity index (χ4v) is 4.07. The van der Waals surface area contributed by atoms with Crippen LogP contribution >= 0.6 is 0 Å². The Balaban J connectivity index is 1.57. The number of piperazine rings is 1. The van der Waals surface area contributed by atoms with Crippen LogP contribution in [0.15, 0.2) is 0 Å². The first kappa shape index (κ1) is 19.2. The van der Waals surface area contributed by atoms with Crippen molar-refractivity contribution in [2.24, 2.45) is 11.8 Å². The molecule has 0 N–H and O–H groups in total. The van der Waals surface area contributed by atoms with E-state index >= 15 is 0 Å². The number of piperidine rings is 1. The second-order valence-corrected chi connectivity index (χ2v) is 8.18. The summed E-state index contributed by atoms with van der Waals surface area (Å²) in [6, 6.07) is 0. The number of hydrogen-bond acceptors (Lipinski definition) is 4. The summed E-state index contributed by atoms with van der Waals surface area (Å²) < 4.78 is 0. The molecular formula is C19H40N4. The SMILES string of the molecule is CCN1CCN(CC2CCN(CCN(C)CC(C)C)CC2)CC1. The normalized spacial score (nSPS) is 23.2. The van der Waals surface area contributed by atoms with Crippen molar-refractivity contribution in [1.29, 1.82) is 0 Å². The second-order valence-electron chi connectivity index (χ2n) is 8.18. The van der Waals surface area contributed by atoms with E-state index in [9.17, 15) is 0 Å². The van der Waals surface area contributed by atoms with Crippen molar-refractivity contribution in [3.8, 4) is 0 Å². The van der Waals surface area contributed by atoms with Gasteiger partial charge in [-0.1, -0.05) is 20.8 Å². The second kappa shape index (κ2) is 9.97. The van der Waals surface area contributed by atoms with E-state index in [1.54, 1.807) is 0 Å². The highest BCUT2D eigenvalue weighted by Crippen LogP contribution is 2.19. The summed E-state index contributed by atoms with van der Waals surface area (Å²) in [5.41, 5.74) is 0. The van der Waals surface area contributed by atoms with Crippen LogP contribution in [-0.2, 0) is 0 Å². The smallest absolute Gasteiger partial charge is 0.0110 e. The summed E-state index contributed by atoms with van der Waals surface area (Å²) in [5.74, 6) is 1.71. The monoisotopic (exact) mass is 324 g/mol. The number of rotatable bonds is 8. The minimum atomic E-state index is 0.777. The summed E-state index contributed by atoms with van der Waals surface area (Å²) in [6.07, 6.45) is 2.81. The maximum Gasteiger partial charge on any atom is 0.0110 e. The molecule has 0 atom stereocenters. The van der Waals surface area contributed by atoms with Crippen LogP contribution in [0.2, 0.25) is 0 Å². The van der Waals surface area contributed by atoms with Gasteiger partial charge in [0.2, 0.25) is 0 Å². The number of likely N-dealkylation sites (tertiary alicyclic amines) is 1. The minimum Gasteiger partial charge on any atom is -0.305 e. The molecule has 136 valence electrons. The van der Waals surface area contributed by atoms with E-state index in [4.69, 9.17) is 0 Å². The van der Waals surface area contributed by atoms with E-state index in [-0.39, 0.29) is 0 Å². The summed E-state index contributed by atoms with van der Waals surface area (Å²) in [5, 5.41) is 0. The first-order valence-electron chi connectivity index (χ1n) is 9.92. The topological polar surface area (TPSA) is 13.0 Å². The van der Waals surface area contributed by atoms with Crippen molar-refractivity contribution in [2.45, 2.75) is 33.6 Å². The first-order chi connectivity index (χ1) is 11.1. The van der Waals surface area contributed by atoms with E-state index < -0.39 is 0 Å². The molecule has 0 aromatic rings. The summed E-state index contributed by atoms with van der Waals surface area (Å²) >= 11 is 0. The summed E-state index contributed by atoms with van der Waals surface area (Å²) in [4.78, 5) is 10.5. The quantitative estimate of drug-likeness (QED) is 0.676. The Labute approximate surface area is 144 Å². The lowest BCUT2D eigenvalue weighted by Crippen LogP contribution is -2.48. The standard InChI is InChI=1S/C19H40N4/c1-5-21-12-14-23(15-13-21)17-19-6-8-22(9-7-19)11-10-20(4)16-18(2)3/h18-19H,5-17H2,1-4H3. The molecule has 0 aliphatic carbocycles. The van der Waals surface area contributed by atoms with Crippen LogP contribution in [0.1, 0.15) is 33.6 Å². The molecule has 2 fully saturated rings. The lowest BCUT2D eigenvalue weighted by Gasteiger charge is -2.39. The molecule has 23 heavy (non-hydrogen) atoms. The van der Waals surface area contributed by atoms with Gasteiger partial charge in [-0.3, -0.25) is 0 Å². The van der Waals surface area contributed by atoms with Gasteiger partial charge in [-0.2, -0.15) is 0 Å². The average Bonchev–Trinajstić information content (AvgIpc) is 2.54. The average molecular weight is 325 g/mol. The zero-order valence-electron chi connectivity index (χ0n) is 16.1. The predicted octanol–water partition coefficient (Wildman–Crippen LogP) is 1.92. The van der Waals surface area contributed by atoms with Gasteiger partial charge in [-0.15, -0.1) is 0 Å². The Morgan fingerprint density at radius 3 is 2.09 bits per heavy atom. The number of likely N-dealkylation sites (N-methyl/N-ethyl adjacent to an activating group) is 2. The zero-order chi connectivity index (χ0) is 16.7. The fourth-order valence-electron chi connectivity index (χ4n) is 4.07. The maximum absolute atomic E-state index is 2.71. The van der Waals surface area contributed by atoms with Crippen molar-refractivity contribution in [3.05, 3.63) is 0 Å². The first-order valence-corrected chi connectivity index (χ1v) is 9.92. The van der Waals surface area contributed by atoms with Crippen molar-refractivity contribution in [1.82, 2.24) is 19.6 Å². The van der Waals surface area contributed by atoms with Gasteiger partial charge in [0, 0.05) is 52.4 Å². The molecule has 2 heterocycles. The van der Waals surface area contributed by atoms with Crippen LogP contribution in [0.25, 0.3) is 0 Å². The Kier molecular flexibility index (Phi) is 8.31. The molecule has 2 aliphatic heterocycles. The minimum absolute atomic E-state index is 0.777. The summed E-state index contributed by atoms with van der Waals surface area (Å²) in [7, 11) is 2.27. The van der Waals surface area contributed by atoms with E-state index in [2.05, 4.69) is 47.4 Å². The van der Waals surface area contributed by atoms with Crippen molar-refractivity contribution in [3.63, 3.8) is 0 Å². The van der Waals surface area contributed by atoms with Gasteiger partial charge in [-0.05, 0) is 51.4 Å². The third-order valence-corrected chi connectivity index (χ3v) is 5.61. The van der Waals surface area contributed by atoms with Gasteiger partial charge >= 0.3 is 0 Å². The molecule has 0 unspecified atom stereocenters. The highest BCUT2D eigenvalue weighted by Gasteiger charge is 2.23. The molecular weight excluding hydrogens is 284 g/mol. The molecule has 2 saturated heterocycles. The lowest BCUT2D eigenvalue weighted by atomic mass is 9.96. The van der Waals surface area contributed by atoms with Gasteiger partial charge in [-0.25, -0.2) is 0 Å². The molecule has 4 heteroatoms. The van der Waals surface area contributed by atoms with Crippen LogP contribution in [-0.4, -0.2) is 98.6 Å². The Hall–Kier alpha value is -0.160. The lowest BCUT2D eigenvalue weighted by molar-refractivity contribution is 0.0947. The zero-order valence-corrected chi connectivity index (χ0v) is 16.1. The van der Waals surface area contributed by atoms with Gasteiger partial charge in [0.05, 0.1) is 0 Å². The van der Waals surface area contributed by atoms with Crippen LogP contribution in [0.4, 0.5) is 0 Å². The molecule has 2 aliphatic rings. The van der Waals surface area contributed by atoms with Gasteiger partial charge in [0.25, 0.3) is 0 Å². The molecule has 0 bridgehead atoms. The maximum atomic E-state index is 2.71. The van der Waals surface area contributed by atoms with E-state index in [1.807, 2.05) is 0 Å². The van der Waals surface area contributed by atoms with Gasteiger partial charge < -0.3 is 19.6 Å². The van der Waals surface area contributed by atoms with E-state index in [1.165, 1.54) is 84.8 Å². The van der Waals surface area contributed by atoms with Crippen molar-refractivity contribution in [2.75, 3.05) is 79.0 Å². The molecule has 0 amide bonds. The van der Waals surface area contributed by atoms with E-state index in [0.717, 1.165) is 11.8 Å². The molecule has 0 aromatic heterocycles. The van der Waals surface area contributed by atoms with Gasteiger partial charge in [0.1, 0.15) is 0 Å². The molecule has 0 spiro atoms. The Bertz CT molecular complexity index is 304. The highest BCUT2D eigenvalue weighted by atomic mass is 15.3. The van der Waals surface area contributed by atoms with Crippen LogP contribution in [0.5, 0.6) is 0 Å². The van der Waals surface area contributed by atoms with Gasteiger partial charge in [0.15, 0.2) is 0 Å². The number of hydrogen-bond donors (Lipinski definition) is 0. The Morgan fingerprint density at radius 1 is 0.913 bits per heavy atom. The predicted molar refractivity (Wildman–Crippen MR) is 100 cm³/mol. The molecule has 4 nitrogen and oxygen atoms in total. The molecule has 0 saturated carbocycles. The van der Waals surface area contributed by atoms with Crippen LogP contribution < -0.4 is 0 Å². The van der Waals surface area contributed by atoms with Crippen LogP contribution in [0, 0.1) is 11.8 Å². The van der Waals surface area contributed by atoms with Crippen molar-refractivity contribution >= 4 is 0 Å². The molecule has 0 aromatic carbocycles. The molecule has 0 radical (unpaired) electrons. The van der Waals surface area contributed by atoms with Crippen LogP contribution in [0.3, 0.4) is 0 Å². The third kappa shape index (κ3) is 7.08. The summed E-state index contributed by atoms with van der Waals surface area (Å²) in [6.45, 7) is 20.9. The van der Waals surface area contributed by atoms with E-state index in [0.29, 0.717) is 0 Å². The third-order valence-electron chi connectivity index (χ3n) is 5.61.